The molecular formula is C25H21ClN4OS. The van der Waals surface area contributed by atoms with Crippen molar-refractivity contribution in [1.82, 2.24) is 4.57 Å². The first-order chi connectivity index (χ1) is 15.4. The number of fused-ring (bicyclic) bond motifs is 1. The molecule has 0 aliphatic heterocycles. The topological polar surface area (TPSA) is 81.6 Å². The Hall–Kier alpha value is -3.32. The largest absolute Gasteiger partial charge is 0.318 e. The molecule has 32 heavy (non-hydrogen) atoms. The second-order valence-electron chi connectivity index (χ2n) is 7.79. The van der Waals surface area contributed by atoms with Crippen molar-refractivity contribution < 1.29 is 4.79 Å². The Bertz CT molecular complexity index is 1320. The molecule has 3 aromatic rings. The monoisotopic (exact) mass is 460 g/mol. The molecule has 5 nitrogen and oxygen atoms in total. The lowest BCUT2D eigenvalue weighted by atomic mass is 9.96. The minimum absolute atomic E-state index is 0.00313. The van der Waals surface area contributed by atoms with Gasteiger partial charge in [-0.2, -0.15) is 10.5 Å². The van der Waals surface area contributed by atoms with E-state index in [2.05, 4.69) is 16.0 Å². The number of thiophene rings is 1. The number of anilines is 1. The molecule has 1 aromatic carbocycles. The Morgan fingerprint density at radius 2 is 1.91 bits per heavy atom. The number of halogens is 1. The molecule has 7 heteroatoms. The van der Waals surface area contributed by atoms with Gasteiger partial charge in [0, 0.05) is 27.0 Å². The smallest absolute Gasteiger partial charge is 0.266 e. The average Bonchev–Trinajstić information content (AvgIpc) is 3.28. The minimum Gasteiger partial charge on any atom is -0.318 e. The number of carbonyl (C=O) groups excluding carboxylic acids is 1. The maximum Gasteiger partial charge on any atom is 0.266 e. The number of nitriles is 2. The van der Waals surface area contributed by atoms with E-state index in [0.29, 0.717) is 15.6 Å². The summed E-state index contributed by atoms with van der Waals surface area (Å²) in [6, 6.07) is 13.7. The van der Waals surface area contributed by atoms with Crippen molar-refractivity contribution in [1.29, 1.82) is 10.5 Å². The third kappa shape index (κ3) is 4.08. The Labute approximate surface area is 196 Å². The third-order valence-electron chi connectivity index (χ3n) is 5.73. The summed E-state index contributed by atoms with van der Waals surface area (Å²) in [7, 11) is 0. The predicted octanol–water partition coefficient (Wildman–Crippen LogP) is 6.11. The zero-order valence-electron chi connectivity index (χ0n) is 17.8. The standard InChI is InChI=1S/C25H21ClN4OS/c1-15-11-17(16(2)30(15)20-9-7-19(26)8-10-20)12-18(13-27)24(31)29-25-22(14-28)21-5-3-4-6-23(21)32-25/h7-12H,3-6H2,1-2H3,(H,29,31)/b18-12+. The molecule has 0 fully saturated rings. The van der Waals surface area contributed by atoms with E-state index in [-0.39, 0.29) is 5.57 Å². The normalized spacial score (nSPS) is 13.2. The van der Waals surface area contributed by atoms with Crippen LogP contribution in [0.2, 0.25) is 5.02 Å². The number of aryl methyl sites for hydroxylation is 2. The van der Waals surface area contributed by atoms with Crippen LogP contribution in [-0.4, -0.2) is 10.5 Å². The molecule has 4 rings (SSSR count). The van der Waals surface area contributed by atoms with Gasteiger partial charge in [-0.1, -0.05) is 11.6 Å². The Balaban J connectivity index is 1.64. The summed E-state index contributed by atoms with van der Waals surface area (Å²) in [5.41, 5.74) is 5.21. The van der Waals surface area contributed by atoms with Crippen molar-refractivity contribution in [3.8, 4) is 17.8 Å². The molecule has 0 radical (unpaired) electrons. The van der Waals surface area contributed by atoms with Crippen LogP contribution in [0, 0.1) is 36.5 Å². The first-order valence-corrected chi connectivity index (χ1v) is 11.5. The predicted molar refractivity (Wildman–Crippen MR) is 128 cm³/mol. The molecule has 2 heterocycles. The van der Waals surface area contributed by atoms with E-state index < -0.39 is 5.91 Å². The zero-order chi connectivity index (χ0) is 22.8. The first kappa shape index (κ1) is 21.9. The molecule has 0 bridgehead atoms. The number of nitrogens with one attached hydrogen (secondary N) is 1. The van der Waals surface area contributed by atoms with Gasteiger partial charge < -0.3 is 9.88 Å². The molecular weight excluding hydrogens is 440 g/mol. The van der Waals surface area contributed by atoms with Crippen molar-refractivity contribution in [3.05, 3.63) is 73.9 Å². The average molecular weight is 461 g/mol. The lowest BCUT2D eigenvalue weighted by Crippen LogP contribution is -2.13. The highest BCUT2D eigenvalue weighted by Crippen LogP contribution is 2.37. The molecule has 0 atom stereocenters. The second-order valence-corrected chi connectivity index (χ2v) is 9.33. The maximum atomic E-state index is 12.9. The van der Waals surface area contributed by atoms with E-state index in [0.717, 1.165) is 58.8 Å². The highest BCUT2D eigenvalue weighted by Gasteiger charge is 2.23. The van der Waals surface area contributed by atoms with Gasteiger partial charge >= 0.3 is 0 Å². The first-order valence-electron chi connectivity index (χ1n) is 10.4. The SMILES string of the molecule is Cc1cc(/C=C(\C#N)C(=O)Nc2sc3c(c2C#N)CCCC3)c(C)n1-c1ccc(Cl)cc1. The van der Waals surface area contributed by atoms with E-state index in [1.807, 2.05) is 50.2 Å². The lowest BCUT2D eigenvalue weighted by molar-refractivity contribution is -0.112. The molecule has 160 valence electrons. The summed E-state index contributed by atoms with van der Waals surface area (Å²) in [6.07, 6.45) is 5.55. The number of amides is 1. The summed E-state index contributed by atoms with van der Waals surface area (Å²) in [5, 5.41) is 23.3. The maximum absolute atomic E-state index is 12.9. The number of hydrogen-bond acceptors (Lipinski definition) is 4. The van der Waals surface area contributed by atoms with Crippen molar-refractivity contribution in [2.45, 2.75) is 39.5 Å². The fourth-order valence-corrected chi connectivity index (χ4v) is 5.53. The second kappa shape index (κ2) is 9.04. The van der Waals surface area contributed by atoms with Gasteiger partial charge in [-0.25, -0.2) is 0 Å². The van der Waals surface area contributed by atoms with Crippen molar-refractivity contribution >= 4 is 39.9 Å². The molecule has 1 N–H and O–H groups in total. The number of carbonyl (C=O) groups is 1. The molecule has 1 amide bonds. The number of nitrogens with zero attached hydrogens (tertiary/aromatic N) is 3. The van der Waals surface area contributed by atoms with Gasteiger partial charge in [0.25, 0.3) is 5.91 Å². The quantitative estimate of drug-likeness (QED) is 0.377. The van der Waals surface area contributed by atoms with Gasteiger partial charge in [-0.3, -0.25) is 4.79 Å². The number of aromatic nitrogens is 1. The van der Waals surface area contributed by atoms with Crippen LogP contribution in [0.1, 0.15) is 45.8 Å². The highest BCUT2D eigenvalue weighted by molar-refractivity contribution is 7.16. The summed E-state index contributed by atoms with van der Waals surface area (Å²) in [5.74, 6) is -0.501. The van der Waals surface area contributed by atoms with Gasteiger partial charge in [0.2, 0.25) is 0 Å². The molecule has 2 aromatic heterocycles. The van der Waals surface area contributed by atoms with Gasteiger partial charge in [-0.15, -0.1) is 11.3 Å². The molecule has 0 unspecified atom stereocenters. The summed E-state index contributed by atoms with van der Waals surface area (Å²) >= 11 is 7.46. The molecule has 1 aliphatic carbocycles. The Morgan fingerprint density at radius 3 is 2.59 bits per heavy atom. The molecule has 1 aliphatic rings. The molecule has 0 spiro atoms. The van der Waals surface area contributed by atoms with Crippen LogP contribution in [0.15, 0.2) is 35.9 Å². The van der Waals surface area contributed by atoms with Gasteiger partial charge in [0.15, 0.2) is 0 Å². The van der Waals surface area contributed by atoms with Gasteiger partial charge in [0.05, 0.1) is 5.56 Å². The third-order valence-corrected chi connectivity index (χ3v) is 7.19. The Morgan fingerprint density at radius 1 is 1.19 bits per heavy atom. The summed E-state index contributed by atoms with van der Waals surface area (Å²) < 4.78 is 2.05. The van der Waals surface area contributed by atoms with Crippen LogP contribution in [0.25, 0.3) is 11.8 Å². The molecule has 0 saturated carbocycles. The van der Waals surface area contributed by atoms with E-state index in [4.69, 9.17) is 11.6 Å². The zero-order valence-corrected chi connectivity index (χ0v) is 19.4. The minimum atomic E-state index is -0.501. The number of rotatable bonds is 4. The van der Waals surface area contributed by atoms with Crippen LogP contribution in [-0.2, 0) is 17.6 Å². The van der Waals surface area contributed by atoms with Crippen LogP contribution in [0.4, 0.5) is 5.00 Å². The van der Waals surface area contributed by atoms with Crippen molar-refractivity contribution in [2.24, 2.45) is 0 Å². The van der Waals surface area contributed by atoms with Crippen LogP contribution >= 0.6 is 22.9 Å². The van der Waals surface area contributed by atoms with Crippen LogP contribution in [0.3, 0.4) is 0 Å². The van der Waals surface area contributed by atoms with Crippen LogP contribution in [0.5, 0.6) is 0 Å². The number of hydrogen-bond donors (Lipinski definition) is 1. The van der Waals surface area contributed by atoms with Crippen molar-refractivity contribution in [2.75, 3.05) is 5.32 Å². The summed E-state index contributed by atoms with van der Waals surface area (Å²) in [4.78, 5) is 14.1. The van der Waals surface area contributed by atoms with E-state index in [1.165, 1.54) is 11.3 Å². The van der Waals surface area contributed by atoms with E-state index in [1.54, 1.807) is 6.08 Å². The Kier molecular flexibility index (Phi) is 6.19. The van der Waals surface area contributed by atoms with E-state index >= 15 is 0 Å². The highest BCUT2D eigenvalue weighted by atomic mass is 35.5. The van der Waals surface area contributed by atoms with E-state index in [9.17, 15) is 15.3 Å². The fourth-order valence-electron chi connectivity index (χ4n) is 4.17. The number of benzene rings is 1. The fraction of sp³-hybridized carbons (Fsp3) is 0.240. The summed E-state index contributed by atoms with van der Waals surface area (Å²) in [6.45, 7) is 3.92. The lowest BCUT2D eigenvalue weighted by Gasteiger charge is -2.09. The van der Waals surface area contributed by atoms with Crippen LogP contribution < -0.4 is 5.32 Å². The van der Waals surface area contributed by atoms with Gasteiger partial charge in [-0.05, 0) is 87.1 Å². The molecule has 0 saturated heterocycles. The van der Waals surface area contributed by atoms with Crippen molar-refractivity contribution in [3.63, 3.8) is 0 Å². The van der Waals surface area contributed by atoms with Gasteiger partial charge in [0.1, 0.15) is 22.7 Å².